The van der Waals surface area contributed by atoms with Gasteiger partial charge in [0.05, 0.1) is 50.9 Å². The van der Waals surface area contributed by atoms with Gasteiger partial charge in [0.2, 0.25) is 0 Å². The van der Waals surface area contributed by atoms with Crippen LogP contribution in [0.2, 0.25) is 0 Å². The fourth-order valence-corrected chi connectivity index (χ4v) is 7.22. The van der Waals surface area contributed by atoms with Crippen molar-refractivity contribution in [3.63, 3.8) is 0 Å². The molecular weight excluding hydrogens is 600 g/mol. The van der Waals surface area contributed by atoms with Crippen molar-refractivity contribution >= 4 is 5.97 Å². The van der Waals surface area contributed by atoms with Gasteiger partial charge in [-0.3, -0.25) is 0 Å². The molecule has 4 fully saturated rings. The van der Waals surface area contributed by atoms with Gasteiger partial charge in [-0.15, -0.1) is 5.10 Å². The molecule has 0 spiro atoms. The number of β-amino-alcohol motifs (C(OH)–C–C–N with tert-alkyl or cyclic N) is 1. The van der Waals surface area contributed by atoms with E-state index >= 15 is 0 Å². The molecule has 14 heteroatoms. The molecule has 3 saturated heterocycles. The third kappa shape index (κ3) is 7.00. The summed E-state index contributed by atoms with van der Waals surface area (Å²) in [6.45, 7) is 0.0102. The van der Waals surface area contributed by atoms with Crippen molar-refractivity contribution in [3.05, 3.63) is 47.8 Å². The third-order valence-corrected chi connectivity index (χ3v) is 9.69. The van der Waals surface area contributed by atoms with Crippen LogP contribution in [0, 0.1) is 0 Å². The number of methoxy groups -OCH3 is 1. The topological polar surface area (TPSA) is 181 Å². The number of carbonyl (C=O) groups is 1. The number of nitrogens with zero attached hydrogens (tertiary/aromatic N) is 4. The van der Waals surface area contributed by atoms with E-state index in [0.29, 0.717) is 32.1 Å². The van der Waals surface area contributed by atoms with Crippen LogP contribution >= 0.6 is 0 Å². The number of aliphatic hydroxyl groups is 4. The van der Waals surface area contributed by atoms with E-state index in [4.69, 9.17) is 23.7 Å². The zero-order valence-corrected chi connectivity index (χ0v) is 26.3. The van der Waals surface area contributed by atoms with Gasteiger partial charge in [0.15, 0.2) is 5.72 Å². The molecule has 14 nitrogen and oxygen atoms in total. The summed E-state index contributed by atoms with van der Waals surface area (Å²) in [4.78, 5) is 14.5. The molecule has 1 aromatic heterocycles. The normalized spacial score (nSPS) is 35.1. The molecule has 1 saturated carbocycles. The first-order valence-corrected chi connectivity index (χ1v) is 16.3. The van der Waals surface area contributed by atoms with Gasteiger partial charge in [-0.2, -0.15) is 0 Å². The summed E-state index contributed by atoms with van der Waals surface area (Å²) in [5.41, 5.74) is -1.95. The smallest absolute Gasteiger partial charge is 0.366 e. The number of fused-ring (bicyclic) bond motifs is 2. The maximum Gasteiger partial charge on any atom is 0.366 e. The standard InChI is InChI=1S/C32H46N4O10/c1-42-29(39)32(44-14-8-13-43-18-22-9-4-2-5-10-22)19-30(40)15-25(46-32)27(38)31(41,21-37)36(20-30)28-26(45-28)17-35-16-24(33-34-35)23-11-6-3-7-12-23/h2,4-5,9-10,16,23,25-28,37-38,40-41H,3,6-8,11-15,17-21H2,1H3/t25?,26?,27-,28?,30?,31?,32+/m0/s1. The number of epoxide rings is 1. The maximum absolute atomic E-state index is 13.2. The molecule has 3 aliphatic heterocycles. The summed E-state index contributed by atoms with van der Waals surface area (Å²) in [6, 6.07) is 9.71. The van der Waals surface area contributed by atoms with Crippen LogP contribution in [-0.4, -0.2) is 121 Å². The van der Waals surface area contributed by atoms with E-state index in [-0.39, 0.29) is 26.0 Å². The van der Waals surface area contributed by atoms with Crippen molar-refractivity contribution in [2.45, 2.75) is 112 Å². The SMILES string of the molecule is COC(=O)[C@@]1(OCCCOCc2ccccc2)CC2(O)CC(O1)[C@H](O)C(O)(CO)N(C1OC1Cn1cc(C3CCCCC3)nn1)C2. The summed E-state index contributed by atoms with van der Waals surface area (Å²) in [5.74, 6) is -2.54. The van der Waals surface area contributed by atoms with Crippen molar-refractivity contribution < 1.29 is 48.9 Å². The molecule has 7 atom stereocenters. The van der Waals surface area contributed by atoms with Crippen LogP contribution in [0.4, 0.5) is 0 Å². The number of benzene rings is 1. The number of hydrogen-bond donors (Lipinski definition) is 4. The highest BCUT2D eigenvalue weighted by molar-refractivity contribution is 5.78. The lowest BCUT2D eigenvalue weighted by atomic mass is 9.84. The highest BCUT2D eigenvalue weighted by Gasteiger charge is 2.66. The van der Waals surface area contributed by atoms with E-state index in [2.05, 4.69) is 10.3 Å². The zero-order valence-electron chi connectivity index (χ0n) is 26.3. The van der Waals surface area contributed by atoms with E-state index in [9.17, 15) is 25.2 Å². The fraction of sp³-hybridized carbons (Fsp3) is 0.719. The van der Waals surface area contributed by atoms with Crippen LogP contribution in [-0.2, 0) is 41.6 Å². The lowest BCUT2D eigenvalue weighted by Crippen LogP contribution is -2.63. The van der Waals surface area contributed by atoms with E-state index in [0.717, 1.165) is 24.1 Å². The molecule has 254 valence electrons. The monoisotopic (exact) mass is 646 g/mol. The van der Waals surface area contributed by atoms with Crippen LogP contribution in [0.15, 0.2) is 36.5 Å². The number of aromatic nitrogens is 3. The molecule has 4 heterocycles. The Hall–Kier alpha value is -2.53. The highest BCUT2D eigenvalue weighted by Crippen LogP contribution is 2.47. The summed E-state index contributed by atoms with van der Waals surface area (Å²) < 4.78 is 30.4. The van der Waals surface area contributed by atoms with E-state index in [1.807, 2.05) is 36.5 Å². The molecule has 46 heavy (non-hydrogen) atoms. The highest BCUT2D eigenvalue weighted by atomic mass is 16.7. The lowest BCUT2D eigenvalue weighted by Gasteiger charge is -2.45. The van der Waals surface area contributed by atoms with Gasteiger partial charge in [0.1, 0.15) is 18.4 Å². The van der Waals surface area contributed by atoms with Crippen LogP contribution in [0.3, 0.4) is 0 Å². The van der Waals surface area contributed by atoms with Crippen molar-refractivity contribution in [1.82, 2.24) is 19.9 Å². The minimum absolute atomic E-state index is 0.0331. The van der Waals surface area contributed by atoms with Crippen molar-refractivity contribution in [1.29, 1.82) is 0 Å². The summed E-state index contributed by atoms with van der Waals surface area (Å²) in [7, 11) is 1.18. The summed E-state index contributed by atoms with van der Waals surface area (Å²) >= 11 is 0. The molecule has 0 radical (unpaired) electrons. The first-order valence-electron chi connectivity index (χ1n) is 16.3. The quantitative estimate of drug-likeness (QED) is 0.137. The van der Waals surface area contributed by atoms with Gasteiger partial charge < -0.3 is 44.1 Å². The second kappa shape index (κ2) is 13.9. The predicted octanol–water partition coefficient (Wildman–Crippen LogP) is 0.811. The average Bonchev–Trinajstić information content (AvgIpc) is 3.68. The first-order chi connectivity index (χ1) is 22.2. The fourth-order valence-electron chi connectivity index (χ4n) is 7.22. The number of carbonyl (C=O) groups excluding carboxylic acids is 1. The number of likely N-dealkylation sites (tertiary alicyclic amines) is 1. The van der Waals surface area contributed by atoms with Crippen molar-refractivity contribution in [2.75, 3.05) is 33.5 Å². The molecule has 1 aliphatic carbocycles. The van der Waals surface area contributed by atoms with Gasteiger partial charge in [-0.05, 0) is 24.8 Å². The molecule has 6 rings (SSSR count). The Bertz CT molecular complexity index is 1310. The van der Waals surface area contributed by atoms with E-state index < -0.39 is 54.2 Å². The second-order valence-electron chi connectivity index (χ2n) is 13.1. The van der Waals surface area contributed by atoms with Crippen LogP contribution < -0.4 is 0 Å². The molecular formula is C32H46N4O10. The number of ether oxygens (including phenoxy) is 5. The lowest BCUT2D eigenvalue weighted by molar-refractivity contribution is -0.319. The van der Waals surface area contributed by atoms with Crippen LogP contribution in [0.25, 0.3) is 0 Å². The summed E-state index contributed by atoms with van der Waals surface area (Å²) in [6.07, 6.45) is 3.46. The predicted molar refractivity (Wildman–Crippen MR) is 160 cm³/mol. The molecule has 1 aromatic carbocycles. The number of aliphatic hydroxyl groups excluding tert-OH is 2. The first kappa shape index (κ1) is 33.4. The average molecular weight is 647 g/mol. The molecule has 2 aromatic rings. The van der Waals surface area contributed by atoms with Crippen LogP contribution in [0.5, 0.6) is 0 Å². The van der Waals surface area contributed by atoms with Gasteiger partial charge >= 0.3 is 5.97 Å². The molecule has 0 amide bonds. The minimum Gasteiger partial charge on any atom is -0.465 e. The van der Waals surface area contributed by atoms with E-state index in [1.54, 1.807) is 4.68 Å². The second-order valence-corrected chi connectivity index (χ2v) is 13.1. The van der Waals surface area contributed by atoms with Crippen molar-refractivity contribution in [2.24, 2.45) is 0 Å². The van der Waals surface area contributed by atoms with E-state index in [1.165, 1.54) is 31.3 Å². The Labute approximate surface area is 268 Å². The maximum atomic E-state index is 13.2. The zero-order chi connectivity index (χ0) is 32.4. The minimum atomic E-state index is -2.25. The Morgan fingerprint density at radius 2 is 1.91 bits per heavy atom. The molecule has 5 unspecified atom stereocenters. The largest absolute Gasteiger partial charge is 0.465 e. The molecule has 2 bridgehead atoms. The molecule has 4 aliphatic rings. The van der Waals surface area contributed by atoms with Gasteiger partial charge in [-0.1, -0.05) is 54.8 Å². The van der Waals surface area contributed by atoms with Gasteiger partial charge in [0.25, 0.3) is 5.79 Å². The van der Waals surface area contributed by atoms with Crippen LogP contribution in [0.1, 0.15) is 68.5 Å². The number of esters is 1. The molecule has 4 N–H and O–H groups in total. The summed E-state index contributed by atoms with van der Waals surface area (Å²) in [5, 5.41) is 54.1. The Balaban J connectivity index is 1.12. The van der Waals surface area contributed by atoms with Crippen molar-refractivity contribution in [3.8, 4) is 0 Å². The number of hydrogen-bond acceptors (Lipinski definition) is 13. The number of rotatable bonds is 13. The third-order valence-electron chi connectivity index (χ3n) is 9.69. The Morgan fingerprint density at radius 1 is 1.13 bits per heavy atom. The Morgan fingerprint density at radius 3 is 2.65 bits per heavy atom. The Kier molecular flexibility index (Phi) is 10.1. The van der Waals surface area contributed by atoms with Gasteiger partial charge in [0, 0.05) is 38.1 Å². The van der Waals surface area contributed by atoms with Gasteiger partial charge in [-0.25, -0.2) is 14.4 Å².